The first-order chi connectivity index (χ1) is 13.1. The molecule has 0 spiro atoms. The van der Waals surface area contributed by atoms with Crippen molar-refractivity contribution in [2.75, 3.05) is 12.3 Å². The number of carbonyl (C=O) groups excluding carboxylic acids is 2. The van der Waals surface area contributed by atoms with Gasteiger partial charge in [0.15, 0.2) is 0 Å². The highest BCUT2D eigenvalue weighted by Gasteiger charge is 2.25. The molecule has 27 heavy (non-hydrogen) atoms. The van der Waals surface area contributed by atoms with Crippen molar-refractivity contribution >= 4 is 23.6 Å². The van der Waals surface area contributed by atoms with Gasteiger partial charge in [0.1, 0.15) is 6.04 Å². The lowest BCUT2D eigenvalue weighted by atomic mass is 10.1. The second-order valence-corrected chi connectivity index (χ2v) is 7.48. The van der Waals surface area contributed by atoms with E-state index in [1.165, 1.54) is 11.8 Å². The number of carbonyl (C=O) groups is 2. The van der Waals surface area contributed by atoms with E-state index in [1.807, 2.05) is 60.7 Å². The van der Waals surface area contributed by atoms with Crippen molar-refractivity contribution in [1.29, 1.82) is 0 Å². The third-order valence-electron chi connectivity index (χ3n) is 4.30. The molecule has 2 amide bonds. The van der Waals surface area contributed by atoms with Crippen LogP contribution in [0, 0.1) is 0 Å². The van der Waals surface area contributed by atoms with Crippen molar-refractivity contribution < 1.29 is 9.59 Å². The summed E-state index contributed by atoms with van der Waals surface area (Å²) in [7, 11) is 0. The van der Waals surface area contributed by atoms with Crippen LogP contribution in [0.25, 0.3) is 0 Å². The van der Waals surface area contributed by atoms with E-state index in [9.17, 15) is 9.59 Å². The summed E-state index contributed by atoms with van der Waals surface area (Å²) < 4.78 is 0. The molecule has 0 aliphatic carbocycles. The molecule has 0 heterocycles. The van der Waals surface area contributed by atoms with Crippen LogP contribution in [-0.4, -0.2) is 35.1 Å². The van der Waals surface area contributed by atoms with Crippen molar-refractivity contribution in [1.82, 2.24) is 10.2 Å². The fraction of sp³-hybridized carbons (Fsp3) is 0.364. The van der Waals surface area contributed by atoms with Crippen LogP contribution in [0.1, 0.15) is 32.3 Å². The first-order valence-electron chi connectivity index (χ1n) is 9.40. The van der Waals surface area contributed by atoms with Crippen molar-refractivity contribution in [3.63, 3.8) is 0 Å². The second kappa shape index (κ2) is 11.4. The Morgan fingerprint density at radius 2 is 1.67 bits per heavy atom. The molecule has 0 aromatic heterocycles. The molecule has 0 saturated carbocycles. The van der Waals surface area contributed by atoms with E-state index in [2.05, 4.69) is 12.2 Å². The van der Waals surface area contributed by atoms with E-state index in [0.29, 0.717) is 18.8 Å². The van der Waals surface area contributed by atoms with E-state index in [0.717, 1.165) is 23.3 Å². The maximum Gasteiger partial charge on any atom is 0.242 e. The lowest BCUT2D eigenvalue weighted by Gasteiger charge is -2.28. The highest BCUT2D eigenvalue weighted by molar-refractivity contribution is 8.00. The van der Waals surface area contributed by atoms with Gasteiger partial charge >= 0.3 is 0 Å². The summed E-state index contributed by atoms with van der Waals surface area (Å²) in [5, 5.41) is 2.94. The molecule has 4 nitrogen and oxygen atoms in total. The molecule has 0 saturated heterocycles. The predicted molar refractivity (Wildman–Crippen MR) is 112 cm³/mol. The Morgan fingerprint density at radius 3 is 2.30 bits per heavy atom. The number of thioether (sulfide) groups is 1. The van der Waals surface area contributed by atoms with Crippen molar-refractivity contribution in [2.24, 2.45) is 0 Å². The Kier molecular flexibility index (Phi) is 8.92. The highest BCUT2D eigenvalue weighted by atomic mass is 32.2. The molecule has 2 rings (SSSR count). The van der Waals surface area contributed by atoms with Gasteiger partial charge in [-0.15, -0.1) is 11.8 Å². The van der Waals surface area contributed by atoms with Crippen LogP contribution in [0.3, 0.4) is 0 Å². The van der Waals surface area contributed by atoms with Gasteiger partial charge in [0.05, 0.1) is 5.75 Å². The third-order valence-corrected chi connectivity index (χ3v) is 5.29. The minimum absolute atomic E-state index is 0.0363. The van der Waals surface area contributed by atoms with Gasteiger partial charge < -0.3 is 10.2 Å². The van der Waals surface area contributed by atoms with Gasteiger partial charge in [0.25, 0.3) is 0 Å². The normalized spacial score (nSPS) is 11.6. The first kappa shape index (κ1) is 21.0. The van der Waals surface area contributed by atoms with E-state index in [1.54, 1.807) is 11.8 Å². The molecule has 1 atom stereocenters. The zero-order valence-corrected chi connectivity index (χ0v) is 16.9. The molecule has 2 aromatic carbocycles. The van der Waals surface area contributed by atoms with Gasteiger partial charge in [-0.3, -0.25) is 9.59 Å². The summed E-state index contributed by atoms with van der Waals surface area (Å²) >= 11 is 1.50. The van der Waals surface area contributed by atoms with Crippen LogP contribution in [0.4, 0.5) is 0 Å². The maximum absolute atomic E-state index is 12.9. The van der Waals surface area contributed by atoms with Gasteiger partial charge in [-0.1, -0.05) is 61.9 Å². The average molecular weight is 385 g/mol. The van der Waals surface area contributed by atoms with Crippen molar-refractivity contribution in [2.45, 2.75) is 44.2 Å². The summed E-state index contributed by atoms with van der Waals surface area (Å²) in [6.45, 7) is 4.96. The summed E-state index contributed by atoms with van der Waals surface area (Å²) in [5.74, 6) is 0.173. The molecule has 2 aromatic rings. The predicted octanol–water partition coefficient (Wildman–Crippen LogP) is 4.11. The van der Waals surface area contributed by atoms with Crippen molar-refractivity contribution in [3.05, 3.63) is 66.2 Å². The Labute approximate surface area is 166 Å². The number of hydrogen-bond donors (Lipinski definition) is 1. The lowest BCUT2D eigenvalue weighted by Crippen LogP contribution is -2.48. The highest BCUT2D eigenvalue weighted by Crippen LogP contribution is 2.19. The molecule has 1 N–H and O–H groups in total. The largest absolute Gasteiger partial charge is 0.354 e. The Hall–Kier alpha value is -2.27. The molecular formula is C22H28N2O2S. The van der Waals surface area contributed by atoms with E-state index >= 15 is 0 Å². The second-order valence-electron chi connectivity index (χ2n) is 6.43. The standard InChI is InChI=1S/C22H28N2O2S/c1-3-4-15-23-22(26)18(2)24(16-19-11-7-5-8-12-19)21(25)17-27-20-13-9-6-10-14-20/h5-14,18H,3-4,15-17H2,1-2H3,(H,23,26)/t18-/m1/s1. The van der Waals surface area contributed by atoms with Crippen LogP contribution in [-0.2, 0) is 16.1 Å². The van der Waals surface area contributed by atoms with E-state index in [4.69, 9.17) is 0 Å². The summed E-state index contributed by atoms with van der Waals surface area (Å²) in [4.78, 5) is 28.2. The monoisotopic (exact) mass is 384 g/mol. The van der Waals surface area contributed by atoms with Crippen molar-refractivity contribution in [3.8, 4) is 0 Å². The molecule has 0 bridgehead atoms. The van der Waals surface area contributed by atoms with Gasteiger partial charge in [-0.25, -0.2) is 0 Å². The fourth-order valence-electron chi connectivity index (χ4n) is 2.64. The molecule has 144 valence electrons. The van der Waals surface area contributed by atoms with Crippen LogP contribution >= 0.6 is 11.8 Å². The first-order valence-corrected chi connectivity index (χ1v) is 10.4. The third kappa shape index (κ3) is 7.10. The number of benzene rings is 2. The van der Waals surface area contributed by atoms with E-state index < -0.39 is 6.04 Å². The Bertz CT molecular complexity index is 707. The Balaban J connectivity index is 2.05. The van der Waals surface area contributed by atoms with Gasteiger partial charge in [-0.05, 0) is 31.0 Å². The average Bonchev–Trinajstić information content (AvgIpc) is 2.71. The zero-order valence-electron chi connectivity index (χ0n) is 16.1. The molecule has 0 aliphatic heterocycles. The lowest BCUT2D eigenvalue weighted by molar-refractivity contribution is -0.138. The fourth-order valence-corrected chi connectivity index (χ4v) is 3.45. The maximum atomic E-state index is 12.9. The molecule has 0 unspecified atom stereocenters. The number of rotatable bonds is 10. The van der Waals surface area contributed by atoms with Gasteiger partial charge in [0.2, 0.25) is 11.8 Å². The topological polar surface area (TPSA) is 49.4 Å². The van der Waals surface area contributed by atoms with Crippen LogP contribution in [0.15, 0.2) is 65.6 Å². The van der Waals surface area contributed by atoms with Crippen LogP contribution in [0.5, 0.6) is 0 Å². The SMILES string of the molecule is CCCCNC(=O)[C@@H](C)N(Cc1ccccc1)C(=O)CSc1ccccc1. The number of hydrogen-bond acceptors (Lipinski definition) is 3. The smallest absolute Gasteiger partial charge is 0.242 e. The number of nitrogens with one attached hydrogen (secondary N) is 1. The molecule has 0 radical (unpaired) electrons. The van der Waals surface area contributed by atoms with Crippen LogP contribution in [0.2, 0.25) is 0 Å². The zero-order chi connectivity index (χ0) is 19.5. The number of amides is 2. The Morgan fingerprint density at radius 1 is 1.04 bits per heavy atom. The molecular weight excluding hydrogens is 356 g/mol. The molecule has 0 aliphatic rings. The molecule has 0 fully saturated rings. The van der Waals surface area contributed by atoms with E-state index in [-0.39, 0.29) is 11.8 Å². The quantitative estimate of drug-likeness (QED) is 0.495. The minimum Gasteiger partial charge on any atom is -0.354 e. The minimum atomic E-state index is -0.508. The van der Waals surface area contributed by atoms with Gasteiger partial charge in [0, 0.05) is 18.0 Å². The van der Waals surface area contributed by atoms with Gasteiger partial charge in [-0.2, -0.15) is 0 Å². The summed E-state index contributed by atoms with van der Waals surface area (Å²) in [6.07, 6.45) is 1.96. The molecule has 5 heteroatoms. The summed E-state index contributed by atoms with van der Waals surface area (Å²) in [6, 6.07) is 19.1. The number of unbranched alkanes of at least 4 members (excludes halogenated alkanes) is 1. The number of nitrogens with zero attached hydrogens (tertiary/aromatic N) is 1. The van der Waals surface area contributed by atoms with Crippen LogP contribution < -0.4 is 5.32 Å². The summed E-state index contributed by atoms with van der Waals surface area (Å²) in [5.41, 5.74) is 1.02.